The van der Waals surface area contributed by atoms with Crippen LogP contribution in [0.25, 0.3) is 0 Å². The van der Waals surface area contributed by atoms with Gasteiger partial charge in [-0.25, -0.2) is 0 Å². The smallest absolute Gasteiger partial charge is 0.0575 e. The second-order valence-corrected chi connectivity index (χ2v) is 14.4. The lowest BCUT2D eigenvalue weighted by Gasteiger charge is -2.19. The summed E-state index contributed by atoms with van der Waals surface area (Å²) in [4.78, 5) is 2.27. The molecular weight excluding hydrogens is 546 g/mol. The van der Waals surface area contributed by atoms with Gasteiger partial charge >= 0.3 is 0 Å². The quantitative estimate of drug-likeness (QED) is 0.0505. The summed E-state index contributed by atoms with van der Waals surface area (Å²) in [6, 6.07) is 0. The summed E-state index contributed by atoms with van der Waals surface area (Å²) in [6.07, 6.45) is 52.3. The number of hydrogen-bond donors (Lipinski definition) is 0. The molecule has 0 bridgehead atoms. The molecule has 45 heavy (non-hydrogen) atoms. The number of hydrogen-bond acceptors (Lipinski definition) is 2. The van der Waals surface area contributed by atoms with E-state index in [2.05, 4.69) is 76.2 Å². The molecule has 0 aliphatic carbocycles. The third kappa shape index (κ3) is 37.5. The van der Waals surface area contributed by atoms with Crippen LogP contribution in [0.15, 0.2) is 36.5 Å². The third-order valence-corrected chi connectivity index (χ3v) is 9.23. The third-order valence-electron chi connectivity index (χ3n) is 9.23. The van der Waals surface area contributed by atoms with Crippen LogP contribution in [0.2, 0.25) is 0 Å². The maximum Gasteiger partial charge on any atom is 0.0575 e. The average molecular weight is 630 g/mol. The predicted octanol–water partition coefficient (Wildman–Crippen LogP) is 14.2. The zero-order valence-electron chi connectivity index (χ0n) is 31.7. The molecule has 2 nitrogen and oxygen atoms in total. The van der Waals surface area contributed by atoms with Crippen LogP contribution in [-0.2, 0) is 4.74 Å². The molecule has 0 heterocycles. The first kappa shape index (κ1) is 44.1. The lowest BCUT2D eigenvalue weighted by molar-refractivity contribution is 0.0342. The SMILES string of the molecule is CCCCCC=CCC=CCCCCCCCCC(CCCCCCCCC=CCC(C)CCCCCC)OCCCN(C)C. The minimum absolute atomic E-state index is 0.483. The standard InChI is InChI=1S/C43H83NO/c1-6-8-10-12-13-14-15-16-17-18-19-20-23-26-29-33-38-43(45-41-35-40-44(4)5)39-34-30-27-24-21-22-25-28-32-37-42(3)36-31-11-9-7-2/h13-14,16-17,28,32,42-43H,6-12,15,18-27,29-31,33-41H2,1-5H3. The summed E-state index contributed by atoms with van der Waals surface area (Å²) < 4.78 is 6.40. The lowest BCUT2D eigenvalue weighted by Crippen LogP contribution is -2.18. The van der Waals surface area contributed by atoms with Gasteiger partial charge in [-0.3, -0.25) is 0 Å². The topological polar surface area (TPSA) is 12.5 Å². The number of nitrogens with zero attached hydrogens (tertiary/aromatic N) is 1. The van der Waals surface area contributed by atoms with Crippen molar-refractivity contribution in [1.29, 1.82) is 0 Å². The van der Waals surface area contributed by atoms with E-state index in [-0.39, 0.29) is 0 Å². The molecular formula is C43H83NO. The fraction of sp³-hybridized carbons (Fsp3) is 0.860. The van der Waals surface area contributed by atoms with Gasteiger partial charge in [-0.05, 0) is 97.2 Å². The molecule has 0 aromatic carbocycles. The van der Waals surface area contributed by atoms with Crippen LogP contribution in [0.3, 0.4) is 0 Å². The fourth-order valence-corrected chi connectivity index (χ4v) is 6.13. The van der Waals surface area contributed by atoms with Crippen LogP contribution in [0.1, 0.15) is 201 Å². The lowest BCUT2D eigenvalue weighted by atomic mass is 9.99. The Morgan fingerprint density at radius 3 is 1.49 bits per heavy atom. The van der Waals surface area contributed by atoms with E-state index in [0.29, 0.717) is 6.10 Å². The molecule has 0 saturated heterocycles. The van der Waals surface area contributed by atoms with Crippen molar-refractivity contribution in [1.82, 2.24) is 4.90 Å². The second-order valence-electron chi connectivity index (χ2n) is 14.4. The summed E-state index contributed by atoms with van der Waals surface area (Å²) in [5, 5.41) is 0. The van der Waals surface area contributed by atoms with Gasteiger partial charge in [0.2, 0.25) is 0 Å². The van der Waals surface area contributed by atoms with E-state index >= 15 is 0 Å². The van der Waals surface area contributed by atoms with Gasteiger partial charge in [0.1, 0.15) is 0 Å². The van der Waals surface area contributed by atoms with Crippen LogP contribution in [0, 0.1) is 5.92 Å². The van der Waals surface area contributed by atoms with Gasteiger partial charge in [-0.2, -0.15) is 0 Å². The Morgan fingerprint density at radius 1 is 0.489 bits per heavy atom. The van der Waals surface area contributed by atoms with E-state index in [4.69, 9.17) is 4.74 Å². The number of ether oxygens (including phenoxy) is 1. The molecule has 0 rings (SSSR count). The van der Waals surface area contributed by atoms with Gasteiger partial charge in [-0.1, -0.05) is 166 Å². The van der Waals surface area contributed by atoms with E-state index in [1.165, 1.54) is 167 Å². The van der Waals surface area contributed by atoms with Gasteiger partial charge < -0.3 is 9.64 Å². The van der Waals surface area contributed by atoms with Crippen molar-refractivity contribution in [2.45, 2.75) is 207 Å². The van der Waals surface area contributed by atoms with E-state index < -0.39 is 0 Å². The van der Waals surface area contributed by atoms with Crippen molar-refractivity contribution in [3.05, 3.63) is 36.5 Å². The first-order valence-corrected chi connectivity index (χ1v) is 20.3. The molecule has 0 saturated carbocycles. The highest BCUT2D eigenvalue weighted by atomic mass is 16.5. The molecule has 0 aromatic rings. The minimum atomic E-state index is 0.483. The fourth-order valence-electron chi connectivity index (χ4n) is 6.13. The molecule has 0 aliphatic heterocycles. The van der Waals surface area contributed by atoms with Crippen LogP contribution in [-0.4, -0.2) is 38.3 Å². The monoisotopic (exact) mass is 630 g/mol. The summed E-state index contributed by atoms with van der Waals surface area (Å²) in [5.74, 6) is 0.860. The van der Waals surface area contributed by atoms with Crippen molar-refractivity contribution >= 4 is 0 Å². The van der Waals surface area contributed by atoms with Gasteiger partial charge in [0.15, 0.2) is 0 Å². The normalized spacial score (nSPS) is 13.7. The molecule has 2 atom stereocenters. The van der Waals surface area contributed by atoms with Crippen molar-refractivity contribution in [2.75, 3.05) is 27.2 Å². The molecule has 266 valence electrons. The van der Waals surface area contributed by atoms with Crippen molar-refractivity contribution in [3.63, 3.8) is 0 Å². The Labute approximate surface area is 285 Å². The molecule has 0 fully saturated rings. The minimum Gasteiger partial charge on any atom is -0.378 e. The largest absolute Gasteiger partial charge is 0.378 e. The van der Waals surface area contributed by atoms with Crippen molar-refractivity contribution < 1.29 is 4.74 Å². The molecule has 0 N–H and O–H groups in total. The summed E-state index contributed by atoms with van der Waals surface area (Å²) in [5.41, 5.74) is 0. The van der Waals surface area contributed by atoms with E-state index in [9.17, 15) is 0 Å². The van der Waals surface area contributed by atoms with Crippen molar-refractivity contribution in [2.24, 2.45) is 5.92 Å². The first-order valence-electron chi connectivity index (χ1n) is 20.3. The first-order chi connectivity index (χ1) is 22.1. The Morgan fingerprint density at radius 2 is 0.933 bits per heavy atom. The number of allylic oxidation sites excluding steroid dienone is 6. The highest BCUT2D eigenvalue weighted by molar-refractivity contribution is 4.92. The molecule has 0 spiro atoms. The van der Waals surface area contributed by atoms with Gasteiger partial charge in [0, 0.05) is 6.61 Å². The van der Waals surface area contributed by atoms with Gasteiger partial charge in [0.05, 0.1) is 6.10 Å². The Balaban J connectivity index is 3.85. The van der Waals surface area contributed by atoms with E-state index in [1.54, 1.807) is 0 Å². The molecule has 0 radical (unpaired) electrons. The number of unbranched alkanes of at least 4 members (excludes halogenated alkanes) is 18. The molecule has 0 amide bonds. The van der Waals surface area contributed by atoms with Crippen LogP contribution in [0.4, 0.5) is 0 Å². The maximum atomic E-state index is 6.40. The van der Waals surface area contributed by atoms with Crippen LogP contribution in [0.5, 0.6) is 0 Å². The van der Waals surface area contributed by atoms with E-state index in [1.807, 2.05) is 0 Å². The summed E-state index contributed by atoms with van der Waals surface area (Å²) in [7, 11) is 4.32. The van der Waals surface area contributed by atoms with E-state index in [0.717, 1.165) is 31.9 Å². The highest BCUT2D eigenvalue weighted by Gasteiger charge is 2.09. The zero-order chi connectivity index (χ0) is 32.9. The molecule has 0 aromatic heterocycles. The zero-order valence-corrected chi connectivity index (χ0v) is 31.7. The second kappa shape index (κ2) is 37.6. The summed E-state index contributed by atoms with van der Waals surface area (Å²) >= 11 is 0. The average Bonchev–Trinajstić information content (AvgIpc) is 3.03. The molecule has 2 heteroatoms. The van der Waals surface area contributed by atoms with Gasteiger partial charge in [0.25, 0.3) is 0 Å². The Kier molecular flexibility index (Phi) is 36.9. The van der Waals surface area contributed by atoms with Crippen LogP contribution >= 0.6 is 0 Å². The Bertz CT molecular complexity index is 636. The van der Waals surface area contributed by atoms with Gasteiger partial charge in [-0.15, -0.1) is 0 Å². The Hall–Kier alpha value is -0.860. The number of rotatable bonds is 36. The summed E-state index contributed by atoms with van der Waals surface area (Å²) in [6.45, 7) is 9.05. The molecule has 2 unspecified atom stereocenters. The predicted molar refractivity (Wildman–Crippen MR) is 206 cm³/mol. The molecule has 0 aliphatic rings. The van der Waals surface area contributed by atoms with Crippen LogP contribution < -0.4 is 0 Å². The highest BCUT2D eigenvalue weighted by Crippen LogP contribution is 2.18. The maximum absolute atomic E-state index is 6.40. The van der Waals surface area contributed by atoms with Crippen molar-refractivity contribution in [3.8, 4) is 0 Å².